The van der Waals surface area contributed by atoms with Gasteiger partial charge in [0.1, 0.15) is 11.4 Å². The lowest BCUT2D eigenvalue weighted by Crippen LogP contribution is -2.38. The van der Waals surface area contributed by atoms with Crippen molar-refractivity contribution in [2.24, 2.45) is 0 Å². The molecule has 3 heteroatoms. The first-order valence-electron chi connectivity index (χ1n) is 7.69. The van der Waals surface area contributed by atoms with E-state index < -0.39 is 5.60 Å². The Labute approximate surface area is 120 Å². The highest BCUT2D eigenvalue weighted by molar-refractivity contribution is 6.02. The van der Waals surface area contributed by atoms with Gasteiger partial charge in [-0.2, -0.15) is 0 Å². The standard InChI is InChI=1S/C17H22O3/c1-2-19-17(11-3-4-12-17)16(18)13-5-7-14(8-6-13)20-15-9-10-15/h5-8,15H,2-4,9-12H2,1H3. The summed E-state index contributed by atoms with van der Waals surface area (Å²) >= 11 is 0. The highest BCUT2D eigenvalue weighted by Gasteiger charge is 2.42. The van der Waals surface area contributed by atoms with Crippen LogP contribution in [0.25, 0.3) is 0 Å². The third-order valence-electron chi connectivity index (χ3n) is 4.19. The Balaban J connectivity index is 1.74. The van der Waals surface area contributed by atoms with Crippen molar-refractivity contribution in [1.82, 2.24) is 0 Å². The number of ketones is 1. The lowest BCUT2D eigenvalue weighted by molar-refractivity contribution is -0.0163. The molecule has 2 saturated carbocycles. The van der Waals surface area contributed by atoms with Crippen LogP contribution in [-0.2, 0) is 4.74 Å². The topological polar surface area (TPSA) is 35.5 Å². The zero-order valence-electron chi connectivity index (χ0n) is 12.1. The molecule has 108 valence electrons. The van der Waals surface area contributed by atoms with Crippen LogP contribution in [0.3, 0.4) is 0 Å². The maximum absolute atomic E-state index is 12.7. The molecule has 0 atom stereocenters. The van der Waals surface area contributed by atoms with E-state index in [1.54, 1.807) is 0 Å². The number of benzene rings is 1. The van der Waals surface area contributed by atoms with Crippen molar-refractivity contribution in [3.05, 3.63) is 29.8 Å². The van der Waals surface area contributed by atoms with E-state index in [0.29, 0.717) is 12.7 Å². The summed E-state index contributed by atoms with van der Waals surface area (Å²) in [5, 5.41) is 0. The number of carbonyl (C=O) groups is 1. The highest BCUT2D eigenvalue weighted by atomic mass is 16.5. The second-order valence-electron chi connectivity index (χ2n) is 5.81. The third kappa shape index (κ3) is 2.73. The predicted molar refractivity (Wildman–Crippen MR) is 77.2 cm³/mol. The Hall–Kier alpha value is -1.35. The van der Waals surface area contributed by atoms with E-state index in [1.165, 1.54) is 0 Å². The third-order valence-corrected chi connectivity index (χ3v) is 4.19. The van der Waals surface area contributed by atoms with Crippen LogP contribution in [0.5, 0.6) is 5.75 Å². The Morgan fingerprint density at radius 1 is 1.20 bits per heavy atom. The predicted octanol–water partition coefficient (Wildman–Crippen LogP) is 3.76. The summed E-state index contributed by atoms with van der Waals surface area (Å²) in [5.74, 6) is 0.996. The van der Waals surface area contributed by atoms with Crippen LogP contribution in [0.1, 0.15) is 55.8 Å². The van der Waals surface area contributed by atoms with Gasteiger partial charge in [0, 0.05) is 12.2 Å². The fourth-order valence-electron chi connectivity index (χ4n) is 2.99. The molecular weight excluding hydrogens is 252 g/mol. The molecule has 2 aliphatic carbocycles. The Kier molecular flexibility index (Phi) is 3.79. The maximum atomic E-state index is 12.7. The van der Waals surface area contributed by atoms with E-state index in [-0.39, 0.29) is 5.78 Å². The molecule has 2 aliphatic rings. The zero-order chi connectivity index (χ0) is 14.0. The first kappa shape index (κ1) is 13.6. The number of Topliss-reactive ketones (excluding diaryl/α,β-unsaturated/α-hetero) is 1. The van der Waals surface area contributed by atoms with Crippen molar-refractivity contribution in [2.45, 2.75) is 57.2 Å². The van der Waals surface area contributed by atoms with Gasteiger partial charge < -0.3 is 9.47 Å². The summed E-state index contributed by atoms with van der Waals surface area (Å²) in [6.07, 6.45) is 6.53. The van der Waals surface area contributed by atoms with E-state index in [0.717, 1.165) is 49.8 Å². The maximum Gasteiger partial charge on any atom is 0.194 e. The summed E-state index contributed by atoms with van der Waals surface area (Å²) in [7, 11) is 0. The Morgan fingerprint density at radius 3 is 2.40 bits per heavy atom. The molecule has 0 aliphatic heterocycles. The minimum absolute atomic E-state index is 0.134. The molecule has 2 fully saturated rings. The van der Waals surface area contributed by atoms with Gasteiger partial charge in [0.2, 0.25) is 0 Å². The number of hydrogen-bond donors (Lipinski definition) is 0. The van der Waals surface area contributed by atoms with Gasteiger partial charge in [-0.3, -0.25) is 4.79 Å². The summed E-state index contributed by atoms with van der Waals surface area (Å²) in [4.78, 5) is 12.7. The lowest BCUT2D eigenvalue weighted by Gasteiger charge is -2.27. The van der Waals surface area contributed by atoms with Crippen LogP contribution in [-0.4, -0.2) is 24.1 Å². The average molecular weight is 274 g/mol. The van der Waals surface area contributed by atoms with Gasteiger partial charge >= 0.3 is 0 Å². The monoisotopic (exact) mass is 274 g/mol. The zero-order valence-corrected chi connectivity index (χ0v) is 12.1. The number of rotatable bonds is 6. The minimum atomic E-state index is -0.576. The molecule has 0 saturated heterocycles. The van der Waals surface area contributed by atoms with Gasteiger partial charge in [-0.1, -0.05) is 0 Å². The van der Waals surface area contributed by atoms with Crippen molar-refractivity contribution < 1.29 is 14.3 Å². The molecule has 1 aromatic carbocycles. The van der Waals surface area contributed by atoms with Crippen molar-refractivity contribution in [3.63, 3.8) is 0 Å². The SMILES string of the molecule is CCOC1(C(=O)c2ccc(OC3CC3)cc2)CCCC1. The van der Waals surface area contributed by atoms with Crippen LogP contribution in [0.4, 0.5) is 0 Å². The lowest BCUT2D eigenvalue weighted by atomic mass is 9.91. The quantitative estimate of drug-likeness (QED) is 0.741. The summed E-state index contributed by atoms with van der Waals surface area (Å²) < 4.78 is 11.5. The van der Waals surface area contributed by atoms with Gasteiger partial charge in [-0.15, -0.1) is 0 Å². The normalized spacial score (nSPS) is 20.9. The van der Waals surface area contributed by atoms with E-state index >= 15 is 0 Å². The molecule has 0 amide bonds. The fourth-order valence-corrected chi connectivity index (χ4v) is 2.99. The summed E-state index contributed by atoms with van der Waals surface area (Å²) in [6.45, 7) is 2.55. The summed E-state index contributed by atoms with van der Waals surface area (Å²) in [6, 6.07) is 7.55. The Bertz CT molecular complexity index is 468. The highest BCUT2D eigenvalue weighted by Crippen LogP contribution is 2.36. The molecule has 0 bridgehead atoms. The number of carbonyl (C=O) groups excluding carboxylic acids is 1. The van der Waals surface area contributed by atoms with Gasteiger partial charge in [-0.05, 0) is 69.7 Å². The van der Waals surface area contributed by atoms with Gasteiger partial charge in [0.05, 0.1) is 6.10 Å². The van der Waals surface area contributed by atoms with Crippen molar-refractivity contribution in [2.75, 3.05) is 6.61 Å². The first-order chi connectivity index (χ1) is 9.73. The molecule has 3 nitrogen and oxygen atoms in total. The molecule has 0 unspecified atom stereocenters. The molecule has 0 spiro atoms. The molecule has 20 heavy (non-hydrogen) atoms. The largest absolute Gasteiger partial charge is 0.490 e. The molecular formula is C17H22O3. The smallest absolute Gasteiger partial charge is 0.194 e. The minimum Gasteiger partial charge on any atom is -0.490 e. The average Bonchev–Trinajstić information content (AvgIpc) is 3.15. The molecule has 0 heterocycles. The van der Waals surface area contributed by atoms with Crippen molar-refractivity contribution in [3.8, 4) is 5.75 Å². The van der Waals surface area contributed by atoms with Gasteiger partial charge in [-0.25, -0.2) is 0 Å². The van der Waals surface area contributed by atoms with E-state index in [9.17, 15) is 4.79 Å². The molecule has 3 rings (SSSR count). The van der Waals surface area contributed by atoms with Crippen molar-refractivity contribution >= 4 is 5.78 Å². The molecule has 1 aromatic rings. The van der Waals surface area contributed by atoms with Gasteiger partial charge in [0.15, 0.2) is 5.78 Å². The van der Waals surface area contributed by atoms with Crippen LogP contribution in [0, 0.1) is 0 Å². The molecule has 0 aromatic heterocycles. The van der Waals surface area contributed by atoms with E-state index in [1.807, 2.05) is 31.2 Å². The fraction of sp³-hybridized carbons (Fsp3) is 0.588. The second-order valence-corrected chi connectivity index (χ2v) is 5.81. The van der Waals surface area contributed by atoms with E-state index in [2.05, 4.69) is 0 Å². The van der Waals surface area contributed by atoms with Crippen LogP contribution < -0.4 is 4.74 Å². The Morgan fingerprint density at radius 2 is 1.85 bits per heavy atom. The number of hydrogen-bond acceptors (Lipinski definition) is 3. The second kappa shape index (κ2) is 5.57. The van der Waals surface area contributed by atoms with Crippen LogP contribution >= 0.6 is 0 Å². The number of ether oxygens (including phenoxy) is 2. The van der Waals surface area contributed by atoms with Gasteiger partial charge in [0.25, 0.3) is 0 Å². The first-order valence-corrected chi connectivity index (χ1v) is 7.69. The van der Waals surface area contributed by atoms with Crippen LogP contribution in [0.15, 0.2) is 24.3 Å². The summed E-state index contributed by atoms with van der Waals surface area (Å²) in [5.41, 5.74) is 0.164. The van der Waals surface area contributed by atoms with E-state index in [4.69, 9.17) is 9.47 Å². The molecule has 0 N–H and O–H groups in total. The van der Waals surface area contributed by atoms with Crippen LogP contribution in [0.2, 0.25) is 0 Å². The molecule has 0 radical (unpaired) electrons. The van der Waals surface area contributed by atoms with Crippen molar-refractivity contribution in [1.29, 1.82) is 0 Å².